The number of rotatable bonds is 7. The summed E-state index contributed by atoms with van der Waals surface area (Å²) in [5.41, 5.74) is 1.05. The van der Waals surface area contributed by atoms with Crippen LogP contribution in [0.1, 0.15) is 31.9 Å². The lowest BCUT2D eigenvalue weighted by molar-refractivity contribution is -0.128. The van der Waals surface area contributed by atoms with Crippen LogP contribution in [-0.2, 0) is 4.79 Å². The van der Waals surface area contributed by atoms with Gasteiger partial charge in [0.25, 0.3) is 5.91 Å². The summed E-state index contributed by atoms with van der Waals surface area (Å²) in [4.78, 5) is 12.7. The summed E-state index contributed by atoms with van der Waals surface area (Å²) in [5.74, 6) is 1.38. The summed E-state index contributed by atoms with van der Waals surface area (Å²) in [6, 6.07) is 21.5. The van der Waals surface area contributed by atoms with Crippen LogP contribution >= 0.6 is 0 Å². The van der Waals surface area contributed by atoms with Crippen molar-refractivity contribution < 1.29 is 14.3 Å². The van der Waals surface area contributed by atoms with E-state index in [2.05, 4.69) is 5.32 Å². The first-order chi connectivity index (χ1) is 13.1. The third-order valence-electron chi connectivity index (χ3n) is 4.67. The Balaban J connectivity index is 1.70. The van der Waals surface area contributed by atoms with Crippen LogP contribution in [0.3, 0.4) is 0 Å². The van der Waals surface area contributed by atoms with E-state index in [1.54, 1.807) is 14.0 Å². The average Bonchev–Trinajstić information content (AvgIpc) is 2.72. The molecule has 1 amide bonds. The lowest BCUT2D eigenvalue weighted by Gasteiger charge is -2.21. The molecule has 27 heavy (non-hydrogen) atoms. The van der Waals surface area contributed by atoms with Crippen LogP contribution < -0.4 is 14.8 Å². The monoisotopic (exact) mass is 363 g/mol. The molecular weight excluding hydrogens is 338 g/mol. The molecule has 140 valence electrons. The summed E-state index contributed by atoms with van der Waals surface area (Å²) in [5, 5.41) is 5.18. The van der Waals surface area contributed by atoms with Crippen LogP contribution in [-0.4, -0.2) is 19.1 Å². The van der Waals surface area contributed by atoms with E-state index in [1.165, 1.54) is 0 Å². The number of carbonyl (C=O) groups excluding carboxylic acids is 1. The first kappa shape index (κ1) is 18.8. The van der Waals surface area contributed by atoms with Gasteiger partial charge in [-0.25, -0.2) is 0 Å². The first-order valence-corrected chi connectivity index (χ1v) is 9.21. The Bertz CT molecular complexity index is 900. The van der Waals surface area contributed by atoms with Crippen LogP contribution in [0, 0.1) is 0 Å². The number of carbonyl (C=O) groups is 1. The highest BCUT2D eigenvalue weighted by atomic mass is 16.5. The topological polar surface area (TPSA) is 47.6 Å². The normalized spacial score (nSPS) is 13.0. The quantitative estimate of drug-likeness (QED) is 0.650. The molecule has 0 saturated carbocycles. The van der Waals surface area contributed by atoms with Crippen molar-refractivity contribution in [2.75, 3.05) is 7.11 Å². The molecule has 0 unspecified atom stereocenters. The van der Waals surface area contributed by atoms with Gasteiger partial charge in [-0.2, -0.15) is 0 Å². The molecule has 0 heterocycles. The van der Waals surface area contributed by atoms with E-state index in [9.17, 15) is 4.79 Å². The minimum absolute atomic E-state index is 0.0676. The highest BCUT2D eigenvalue weighted by Gasteiger charge is 2.20. The minimum atomic E-state index is -0.594. The molecule has 4 nitrogen and oxygen atoms in total. The van der Waals surface area contributed by atoms with Gasteiger partial charge in [0, 0.05) is 5.39 Å². The number of fused-ring (bicyclic) bond motifs is 1. The van der Waals surface area contributed by atoms with Gasteiger partial charge in [0.2, 0.25) is 0 Å². The summed E-state index contributed by atoms with van der Waals surface area (Å²) < 4.78 is 11.2. The second-order valence-electron chi connectivity index (χ2n) is 6.48. The molecule has 0 fully saturated rings. The number of amides is 1. The van der Waals surface area contributed by atoms with Crippen molar-refractivity contribution in [2.45, 2.75) is 32.4 Å². The lowest BCUT2D eigenvalue weighted by atomic mass is 10.0. The van der Waals surface area contributed by atoms with Gasteiger partial charge in [-0.1, -0.05) is 55.5 Å². The Labute approximate surface area is 160 Å². The second-order valence-corrected chi connectivity index (χ2v) is 6.48. The Hall–Kier alpha value is -3.01. The maximum atomic E-state index is 12.7. The molecule has 3 aromatic carbocycles. The van der Waals surface area contributed by atoms with Gasteiger partial charge >= 0.3 is 0 Å². The van der Waals surface area contributed by atoms with Gasteiger partial charge in [0.15, 0.2) is 6.10 Å². The predicted octanol–water partition coefficient (Wildman–Crippen LogP) is 4.88. The van der Waals surface area contributed by atoms with E-state index in [-0.39, 0.29) is 11.9 Å². The third kappa shape index (κ3) is 4.40. The molecule has 3 aromatic rings. The number of nitrogens with one attached hydrogen (secondary N) is 1. The van der Waals surface area contributed by atoms with Gasteiger partial charge in [-0.05, 0) is 42.5 Å². The van der Waals surface area contributed by atoms with E-state index in [0.717, 1.165) is 28.5 Å². The zero-order valence-corrected chi connectivity index (χ0v) is 15.9. The molecule has 0 aliphatic rings. The molecule has 0 aliphatic carbocycles. The molecule has 2 atom stereocenters. The largest absolute Gasteiger partial charge is 0.497 e. The average molecular weight is 363 g/mol. The molecule has 3 rings (SSSR count). The zero-order valence-electron chi connectivity index (χ0n) is 15.9. The van der Waals surface area contributed by atoms with Crippen LogP contribution in [0.25, 0.3) is 10.8 Å². The molecular formula is C23H25NO3. The first-order valence-electron chi connectivity index (χ1n) is 9.21. The van der Waals surface area contributed by atoms with Crippen LogP contribution in [0.5, 0.6) is 11.5 Å². The minimum Gasteiger partial charge on any atom is -0.497 e. The molecule has 0 bridgehead atoms. The molecule has 0 saturated heterocycles. The Morgan fingerprint density at radius 1 is 1.00 bits per heavy atom. The van der Waals surface area contributed by atoms with Gasteiger partial charge in [0.05, 0.1) is 13.2 Å². The Morgan fingerprint density at radius 3 is 2.41 bits per heavy atom. The van der Waals surface area contributed by atoms with E-state index >= 15 is 0 Å². The molecule has 0 spiro atoms. The standard InChI is InChI=1S/C23H25NO3/c1-4-21(18-12-14-19(26-3)15-13-18)24-23(25)16(2)27-22-11-7-9-17-8-5-6-10-20(17)22/h5-16,21H,4H2,1-3H3,(H,24,25)/t16-,21+/m0/s1. The lowest BCUT2D eigenvalue weighted by Crippen LogP contribution is -2.38. The highest BCUT2D eigenvalue weighted by molar-refractivity contribution is 5.89. The van der Waals surface area contributed by atoms with E-state index in [4.69, 9.17) is 9.47 Å². The van der Waals surface area contributed by atoms with Crippen molar-refractivity contribution in [1.82, 2.24) is 5.32 Å². The summed E-state index contributed by atoms with van der Waals surface area (Å²) in [6.07, 6.45) is 0.196. The van der Waals surface area contributed by atoms with Crippen molar-refractivity contribution in [1.29, 1.82) is 0 Å². The number of hydrogen-bond donors (Lipinski definition) is 1. The van der Waals surface area contributed by atoms with E-state index < -0.39 is 6.10 Å². The van der Waals surface area contributed by atoms with Crippen LogP contribution in [0.15, 0.2) is 66.7 Å². The summed E-state index contributed by atoms with van der Waals surface area (Å²) in [6.45, 7) is 3.82. The van der Waals surface area contributed by atoms with Crippen molar-refractivity contribution in [3.8, 4) is 11.5 Å². The van der Waals surface area contributed by atoms with Crippen molar-refractivity contribution in [3.63, 3.8) is 0 Å². The summed E-state index contributed by atoms with van der Waals surface area (Å²) >= 11 is 0. The fourth-order valence-electron chi connectivity index (χ4n) is 3.09. The van der Waals surface area contributed by atoms with E-state index in [1.807, 2.05) is 73.7 Å². The maximum absolute atomic E-state index is 12.7. The number of benzene rings is 3. The molecule has 0 radical (unpaired) electrons. The van der Waals surface area contributed by atoms with Crippen molar-refractivity contribution in [2.24, 2.45) is 0 Å². The van der Waals surface area contributed by atoms with Gasteiger partial charge in [-0.15, -0.1) is 0 Å². The predicted molar refractivity (Wildman–Crippen MR) is 108 cm³/mol. The van der Waals surface area contributed by atoms with E-state index in [0.29, 0.717) is 5.75 Å². The van der Waals surface area contributed by atoms with Gasteiger partial charge < -0.3 is 14.8 Å². The molecule has 0 aromatic heterocycles. The Kier molecular flexibility index (Phi) is 5.97. The third-order valence-corrected chi connectivity index (χ3v) is 4.67. The Morgan fingerprint density at radius 2 is 1.70 bits per heavy atom. The SMILES string of the molecule is CC[C@@H](NC(=O)[C@H](C)Oc1cccc2ccccc12)c1ccc(OC)cc1. The molecule has 0 aliphatic heterocycles. The number of ether oxygens (including phenoxy) is 2. The summed E-state index contributed by atoms with van der Waals surface area (Å²) in [7, 11) is 1.64. The zero-order chi connectivity index (χ0) is 19.2. The van der Waals surface area contributed by atoms with Crippen LogP contribution in [0.4, 0.5) is 0 Å². The second kappa shape index (κ2) is 8.58. The maximum Gasteiger partial charge on any atom is 0.261 e. The van der Waals surface area contributed by atoms with Crippen molar-refractivity contribution in [3.05, 3.63) is 72.3 Å². The van der Waals surface area contributed by atoms with Crippen LogP contribution in [0.2, 0.25) is 0 Å². The highest BCUT2D eigenvalue weighted by Crippen LogP contribution is 2.26. The number of methoxy groups -OCH3 is 1. The van der Waals surface area contributed by atoms with Gasteiger partial charge in [-0.3, -0.25) is 4.79 Å². The number of hydrogen-bond acceptors (Lipinski definition) is 3. The van der Waals surface area contributed by atoms with Gasteiger partial charge in [0.1, 0.15) is 11.5 Å². The fraction of sp³-hybridized carbons (Fsp3) is 0.261. The molecule has 4 heteroatoms. The smallest absolute Gasteiger partial charge is 0.261 e. The fourth-order valence-corrected chi connectivity index (χ4v) is 3.09. The van der Waals surface area contributed by atoms with Crippen molar-refractivity contribution >= 4 is 16.7 Å². The molecule has 1 N–H and O–H groups in total.